The summed E-state index contributed by atoms with van der Waals surface area (Å²) in [6.07, 6.45) is 4.91. The summed E-state index contributed by atoms with van der Waals surface area (Å²) >= 11 is 0. The van der Waals surface area contributed by atoms with Crippen molar-refractivity contribution in [3.63, 3.8) is 0 Å². The minimum absolute atomic E-state index is 0.00977. The number of urea groups is 1. The van der Waals surface area contributed by atoms with Gasteiger partial charge in [-0.05, 0) is 24.3 Å². The molecule has 2 amide bonds. The summed E-state index contributed by atoms with van der Waals surface area (Å²) < 4.78 is 18.2. The van der Waals surface area contributed by atoms with Gasteiger partial charge in [-0.15, -0.1) is 10.2 Å². The first kappa shape index (κ1) is 18.2. The molecule has 0 bridgehead atoms. The fourth-order valence-corrected chi connectivity index (χ4v) is 3.43. The van der Waals surface area contributed by atoms with Gasteiger partial charge in [-0.3, -0.25) is 0 Å². The van der Waals surface area contributed by atoms with E-state index in [0.29, 0.717) is 42.0 Å². The van der Waals surface area contributed by atoms with E-state index in [-0.39, 0.29) is 18.9 Å². The molecule has 10 heteroatoms. The highest BCUT2D eigenvalue weighted by Crippen LogP contribution is 2.34. The van der Waals surface area contributed by atoms with Crippen molar-refractivity contribution in [1.29, 1.82) is 0 Å². The van der Waals surface area contributed by atoms with Crippen molar-refractivity contribution < 1.29 is 19.0 Å². The topological polar surface area (TPSA) is 104 Å². The van der Waals surface area contributed by atoms with Crippen molar-refractivity contribution in [2.45, 2.75) is 18.9 Å². The molecule has 0 unspecified atom stereocenters. The van der Waals surface area contributed by atoms with E-state index in [1.807, 2.05) is 12.1 Å². The van der Waals surface area contributed by atoms with Crippen LogP contribution in [0.1, 0.15) is 12.8 Å². The number of fused-ring (bicyclic) bond motifs is 1. The summed E-state index contributed by atoms with van der Waals surface area (Å²) in [7, 11) is 0. The Labute approximate surface area is 172 Å². The highest BCUT2D eigenvalue weighted by molar-refractivity contribution is 5.89. The van der Waals surface area contributed by atoms with Crippen LogP contribution in [0.2, 0.25) is 0 Å². The SMILES string of the molecule is O=C(Nc1ccc2c(c1)OCO2)N1CCC(Oc2ccc(-n3cccn3)nn2)CC1. The van der Waals surface area contributed by atoms with Gasteiger partial charge in [0, 0.05) is 56.1 Å². The Hall–Kier alpha value is -3.82. The molecule has 1 aromatic carbocycles. The lowest BCUT2D eigenvalue weighted by atomic mass is 10.1. The second-order valence-corrected chi connectivity index (χ2v) is 6.98. The number of benzene rings is 1. The Bertz CT molecular complexity index is 1020. The smallest absolute Gasteiger partial charge is 0.321 e. The molecule has 0 aliphatic carbocycles. The zero-order valence-corrected chi connectivity index (χ0v) is 16.1. The lowest BCUT2D eigenvalue weighted by Crippen LogP contribution is -2.43. The summed E-state index contributed by atoms with van der Waals surface area (Å²) in [5.41, 5.74) is 0.676. The molecule has 3 aromatic rings. The molecule has 2 aliphatic rings. The van der Waals surface area contributed by atoms with Crippen molar-refractivity contribution in [3.05, 3.63) is 48.8 Å². The van der Waals surface area contributed by atoms with Crippen molar-refractivity contribution in [2.24, 2.45) is 0 Å². The lowest BCUT2D eigenvalue weighted by Gasteiger charge is -2.31. The van der Waals surface area contributed by atoms with Gasteiger partial charge in [-0.25, -0.2) is 9.48 Å². The molecule has 0 atom stereocenters. The summed E-state index contributed by atoms with van der Waals surface area (Å²) in [6.45, 7) is 1.40. The molecule has 0 saturated carbocycles. The van der Waals surface area contributed by atoms with Crippen LogP contribution in [0.15, 0.2) is 48.8 Å². The zero-order chi connectivity index (χ0) is 20.3. The maximum absolute atomic E-state index is 12.6. The predicted octanol–water partition coefficient (Wildman–Crippen LogP) is 2.47. The third-order valence-electron chi connectivity index (χ3n) is 5.01. The van der Waals surface area contributed by atoms with Crippen LogP contribution in [0.25, 0.3) is 5.82 Å². The van der Waals surface area contributed by atoms with Gasteiger partial charge in [0.2, 0.25) is 12.7 Å². The van der Waals surface area contributed by atoms with E-state index in [2.05, 4.69) is 20.6 Å². The third-order valence-corrected chi connectivity index (χ3v) is 5.01. The van der Waals surface area contributed by atoms with Crippen molar-refractivity contribution in [3.8, 4) is 23.2 Å². The van der Waals surface area contributed by atoms with E-state index in [9.17, 15) is 4.79 Å². The Balaban J connectivity index is 1.12. The zero-order valence-electron chi connectivity index (χ0n) is 16.1. The highest BCUT2D eigenvalue weighted by atomic mass is 16.7. The number of rotatable bonds is 4. The molecule has 5 rings (SSSR count). The molecular formula is C20H20N6O4. The summed E-state index contributed by atoms with van der Waals surface area (Å²) in [5, 5.41) is 15.3. The van der Waals surface area contributed by atoms with Crippen molar-refractivity contribution in [2.75, 3.05) is 25.2 Å². The lowest BCUT2D eigenvalue weighted by molar-refractivity contribution is 0.110. The Morgan fingerprint density at radius 1 is 1.10 bits per heavy atom. The number of likely N-dealkylation sites (tertiary alicyclic amines) is 1. The normalized spacial score (nSPS) is 15.8. The standard InChI is InChI=1S/C20H20N6O4/c27-20(22-14-2-3-16-17(12-14)29-13-28-16)25-10-6-15(7-11-25)30-19-5-4-18(23-24-19)26-9-1-8-21-26/h1-5,8-9,12,15H,6-7,10-11,13H2,(H,22,27). The molecule has 1 N–H and O–H groups in total. The fourth-order valence-electron chi connectivity index (χ4n) is 3.43. The number of anilines is 1. The largest absolute Gasteiger partial charge is 0.473 e. The molecule has 10 nitrogen and oxygen atoms in total. The molecule has 2 aliphatic heterocycles. The van der Waals surface area contributed by atoms with Crippen molar-refractivity contribution >= 4 is 11.7 Å². The first-order valence-electron chi connectivity index (χ1n) is 9.70. The van der Waals surface area contributed by atoms with Gasteiger partial charge in [0.05, 0.1) is 0 Å². The van der Waals surface area contributed by atoms with Crippen LogP contribution in [0.5, 0.6) is 17.4 Å². The van der Waals surface area contributed by atoms with Gasteiger partial charge in [-0.2, -0.15) is 5.10 Å². The number of piperidine rings is 1. The van der Waals surface area contributed by atoms with Crippen LogP contribution in [0.4, 0.5) is 10.5 Å². The number of aromatic nitrogens is 4. The van der Waals surface area contributed by atoms with Crippen LogP contribution in [-0.4, -0.2) is 56.9 Å². The van der Waals surface area contributed by atoms with E-state index in [0.717, 1.165) is 12.8 Å². The molecule has 0 radical (unpaired) electrons. The van der Waals surface area contributed by atoms with Gasteiger partial charge in [0.1, 0.15) is 6.10 Å². The number of ether oxygens (including phenoxy) is 3. The number of carbonyl (C=O) groups excluding carboxylic acids is 1. The van der Waals surface area contributed by atoms with Crippen LogP contribution in [0, 0.1) is 0 Å². The Morgan fingerprint density at radius 2 is 1.97 bits per heavy atom. The Morgan fingerprint density at radius 3 is 2.73 bits per heavy atom. The molecule has 30 heavy (non-hydrogen) atoms. The van der Waals surface area contributed by atoms with Crippen molar-refractivity contribution in [1.82, 2.24) is 24.9 Å². The number of hydrogen-bond acceptors (Lipinski definition) is 7. The second-order valence-electron chi connectivity index (χ2n) is 6.98. The second kappa shape index (κ2) is 7.90. The quantitative estimate of drug-likeness (QED) is 0.707. The molecule has 2 aromatic heterocycles. The third kappa shape index (κ3) is 3.84. The Kier molecular flexibility index (Phi) is 4.80. The van der Waals surface area contributed by atoms with Crippen LogP contribution in [0.3, 0.4) is 0 Å². The fraction of sp³-hybridized carbons (Fsp3) is 0.300. The monoisotopic (exact) mass is 408 g/mol. The maximum atomic E-state index is 12.6. The van der Waals surface area contributed by atoms with E-state index in [1.165, 1.54) is 0 Å². The minimum Gasteiger partial charge on any atom is -0.473 e. The predicted molar refractivity (Wildman–Crippen MR) is 106 cm³/mol. The average Bonchev–Trinajstić information content (AvgIpc) is 3.47. The van der Waals surface area contributed by atoms with Gasteiger partial charge >= 0.3 is 6.03 Å². The first-order chi connectivity index (χ1) is 14.7. The van der Waals surface area contributed by atoms with Crippen LogP contribution in [-0.2, 0) is 0 Å². The molecule has 0 spiro atoms. The van der Waals surface area contributed by atoms with Gasteiger partial charge in [0.25, 0.3) is 0 Å². The number of amides is 2. The molecule has 1 saturated heterocycles. The number of nitrogens with zero attached hydrogens (tertiary/aromatic N) is 5. The molecule has 1 fully saturated rings. The summed E-state index contributed by atoms with van der Waals surface area (Å²) in [5.74, 6) is 2.42. The number of carbonyl (C=O) groups is 1. The van der Waals surface area contributed by atoms with Gasteiger partial charge in [0.15, 0.2) is 17.3 Å². The van der Waals surface area contributed by atoms with Gasteiger partial charge < -0.3 is 24.4 Å². The molecule has 4 heterocycles. The molecular weight excluding hydrogens is 388 g/mol. The maximum Gasteiger partial charge on any atom is 0.321 e. The van der Waals surface area contributed by atoms with E-state index in [1.54, 1.807) is 46.2 Å². The number of nitrogens with one attached hydrogen (secondary N) is 1. The number of hydrogen-bond donors (Lipinski definition) is 1. The highest BCUT2D eigenvalue weighted by Gasteiger charge is 2.25. The first-order valence-corrected chi connectivity index (χ1v) is 9.70. The van der Waals surface area contributed by atoms with Gasteiger partial charge in [-0.1, -0.05) is 0 Å². The average molecular weight is 408 g/mol. The minimum atomic E-state index is -0.143. The van der Waals surface area contributed by atoms with E-state index < -0.39 is 0 Å². The van der Waals surface area contributed by atoms with Crippen LogP contribution >= 0.6 is 0 Å². The molecule has 154 valence electrons. The summed E-state index contributed by atoms with van der Waals surface area (Å²) in [6, 6.07) is 10.6. The summed E-state index contributed by atoms with van der Waals surface area (Å²) in [4.78, 5) is 14.3. The van der Waals surface area contributed by atoms with E-state index >= 15 is 0 Å². The van der Waals surface area contributed by atoms with E-state index in [4.69, 9.17) is 14.2 Å². The van der Waals surface area contributed by atoms with Crippen LogP contribution < -0.4 is 19.5 Å².